The smallest absolute Gasteiger partial charge is 0.0928 e. The average molecular weight is 274 g/mol. The van der Waals surface area contributed by atoms with E-state index in [1.165, 1.54) is 0 Å². The van der Waals surface area contributed by atoms with E-state index < -0.39 is 6.10 Å². The van der Waals surface area contributed by atoms with Gasteiger partial charge < -0.3 is 10.4 Å². The van der Waals surface area contributed by atoms with E-state index in [0.717, 1.165) is 17.7 Å². The first-order valence-electron chi connectivity index (χ1n) is 5.83. The number of aliphatic hydroxyl groups is 1. The molecule has 2 atom stereocenters. The topological polar surface area (TPSA) is 32.3 Å². The summed E-state index contributed by atoms with van der Waals surface area (Å²) in [6.07, 6.45) is 2.62. The maximum atomic E-state index is 10.1. The lowest BCUT2D eigenvalue weighted by Crippen LogP contribution is -2.34. The second-order valence-electron chi connectivity index (χ2n) is 4.01. The summed E-state index contributed by atoms with van der Waals surface area (Å²) < 4.78 is 0. The summed E-state index contributed by atoms with van der Waals surface area (Å²) in [4.78, 5) is 0. The number of halogens is 1. The Kier molecular flexibility index (Phi) is 6.97. The highest BCUT2D eigenvalue weighted by Crippen LogP contribution is 2.22. The van der Waals surface area contributed by atoms with E-state index in [1.807, 2.05) is 30.0 Å². The minimum absolute atomic E-state index is 0.446. The van der Waals surface area contributed by atoms with Crippen molar-refractivity contribution in [1.82, 2.24) is 5.32 Å². The summed E-state index contributed by atoms with van der Waals surface area (Å²) >= 11 is 7.85. The lowest BCUT2D eigenvalue weighted by molar-refractivity contribution is 0.170. The third-order valence-electron chi connectivity index (χ3n) is 2.72. The van der Waals surface area contributed by atoms with E-state index in [2.05, 4.69) is 18.5 Å². The molecule has 0 bridgehead atoms. The molecule has 17 heavy (non-hydrogen) atoms. The van der Waals surface area contributed by atoms with Crippen LogP contribution in [0.25, 0.3) is 0 Å². The van der Waals surface area contributed by atoms with Crippen molar-refractivity contribution in [3.05, 3.63) is 34.9 Å². The summed E-state index contributed by atoms with van der Waals surface area (Å²) in [6, 6.07) is 7.88. The molecule has 2 nitrogen and oxygen atoms in total. The number of hydrogen-bond donors (Lipinski definition) is 2. The molecule has 0 aliphatic rings. The van der Waals surface area contributed by atoms with Crippen LogP contribution in [0.4, 0.5) is 0 Å². The molecule has 96 valence electrons. The maximum Gasteiger partial charge on any atom is 0.0928 e. The highest BCUT2D eigenvalue weighted by molar-refractivity contribution is 7.98. The molecular formula is C13H20ClNOS. The van der Waals surface area contributed by atoms with Gasteiger partial charge in [-0.2, -0.15) is 11.8 Å². The number of benzene rings is 1. The molecule has 2 unspecified atom stereocenters. The van der Waals surface area contributed by atoms with Crippen LogP contribution < -0.4 is 5.32 Å². The number of aliphatic hydroxyl groups excluding tert-OH is 1. The Morgan fingerprint density at radius 1 is 1.41 bits per heavy atom. The standard InChI is InChI=1S/C13H20ClNOS/c1-3-10(9-17-2)15-8-13(16)11-6-4-5-7-12(11)14/h4-7,10,13,15-16H,3,8-9H2,1-2H3. The van der Waals surface area contributed by atoms with E-state index in [1.54, 1.807) is 6.07 Å². The molecule has 0 fully saturated rings. The van der Waals surface area contributed by atoms with Gasteiger partial charge in [-0.3, -0.25) is 0 Å². The Bertz CT molecular complexity index is 335. The van der Waals surface area contributed by atoms with Crippen LogP contribution in [-0.4, -0.2) is 29.7 Å². The Morgan fingerprint density at radius 3 is 2.71 bits per heavy atom. The molecule has 0 saturated heterocycles. The second-order valence-corrected chi connectivity index (χ2v) is 5.32. The maximum absolute atomic E-state index is 10.1. The van der Waals surface area contributed by atoms with Gasteiger partial charge in [0.25, 0.3) is 0 Å². The van der Waals surface area contributed by atoms with Crippen LogP contribution >= 0.6 is 23.4 Å². The molecule has 1 rings (SSSR count). The molecule has 0 aliphatic carbocycles. The van der Waals surface area contributed by atoms with E-state index in [4.69, 9.17) is 11.6 Å². The fourth-order valence-corrected chi connectivity index (χ4v) is 2.67. The van der Waals surface area contributed by atoms with E-state index in [0.29, 0.717) is 17.6 Å². The van der Waals surface area contributed by atoms with E-state index in [9.17, 15) is 5.11 Å². The molecule has 0 heterocycles. The molecule has 1 aromatic carbocycles. The van der Waals surface area contributed by atoms with Crippen molar-refractivity contribution in [1.29, 1.82) is 0 Å². The summed E-state index contributed by atoms with van der Waals surface area (Å²) in [5, 5.41) is 14.1. The zero-order valence-electron chi connectivity index (χ0n) is 10.3. The first-order valence-corrected chi connectivity index (χ1v) is 7.61. The monoisotopic (exact) mass is 273 g/mol. The van der Waals surface area contributed by atoms with Crippen LogP contribution in [-0.2, 0) is 0 Å². The van der Waals surface area contributed by atoms with Crippen LogP contribution in [0.1, 0.15) is 25.0 Å². The second kappa shape index (κ2) is 7.98. The molecular weight excluding hydrogens is 254 g/mol. The van der Waals surface area contributed by atoms with Crippen molar-refractivity contribution in [3.8, 4) is 0 Å². The van der Waals surface area contributed by atoms with Gasteiger partial charge in [-0.05, 0) is 18.7 Å². The Hall–Kier alpha value is -0.220. The highest BCUT2D eigenvalue weighted by atomic mass is 35.5. The quantitative estimate of drug-likeness (QED) is 0.801. The fourth-order valence-electron chi connectivity index (χ4n) is 1.66. The molecule has 0 amide bonds. The summed E-state index contributed by atoms with van der Waals surface area (Å²) in [6.45, 7) is 2.69. The van der Waals surface area contributed by atoms with Gasteiger partial charge in [-0.15, -0.1) is 0 Å². The largest absolute Gasteiger partial charge is 0.387 e. The van der Waals surface area contributed by atoms with Gasteiger partial charge in [0.05, 0.1) is 6.10 Å². The van der Waals surface area contributed by atoms with Crippen LogP contribution in [0.3, 0.4) is 0 Å². The third-order valence-corrected chi connectivity index (χ3v) is 3.80. The molecule has 1 aromatic rings. The number of thioether (sulfide) groups is 1. The van der Waals surface area contributed by atoms with E-state index >= 15 is 0 Å². The van der Waals surface area contributed by atoms with Crippen molar-refractivity contribution in [2.75, 3.05) is 18.6 Å². The molecule has 0 radical (unpaired) electrons. The zero-order valence-corrected chi connectivity index (χ0v) is 11.9. The lowest BCUT2D eigenvalue weighted by Gasteiger charge is -2.19. The van der Waals surface area contributed by atoms with Crippen LogP contribution in [0.2, 0.25) is 5.02 Å². The van der Waals surface area contributed by atoms with Crippen molar-refractivity contribution in [3.63, 3.8) is 0 Å². The molecule has 0 aliphatic heterocycles. The van der Waals surface area contributed by atoms with Crippen LogP contribution in [0, 0.1) is 0 Å². The fraction of sp³-hybridized carbons (Fsp3) is 0.538. The SMILES string of the molecule is CCC(CSC)NCC(O)c1ccccc1Cl. The number of hydrogen-bond acceptors (Lipinski definition) is 3. The van der Waals surface area contributed by atoms with Gasteiger partial charge in [-0.1, -0.05) is 36.7 Å². The van der Waals surface area contributed by atoms with E-state index in [-0.39, 0.29) is 0 Å². The normalized spacial score (nSPS) is 14.6. The predicted molar refractivity (Wildman–Crippen MR) is 76.9 cm³/mol. The van der Waals surface area contributed by atoms with Crippen molar-refractivity contribution >= 4 is 23.4 Å². The zero-order chi connectivity index (χ0) is 12.7. The van der Waals surface area contributed by atoms with Gasteiger partial charge >= 0.3 is 0 Å². The Labute approximate surface area is 113 Å². The lowest BCUT2D eigenvalue weighted by atomic mass is 10.1. The van der Waals surface area contributed by atoms with Gasteiger partial charge in [0.1, 0.15) is 0 Å². The summed E-state index contributed by atoms with van der Waals surface area (Å²) in [7, 11) is 0. The molecule has 4 heteroatoms. The van der Waals surface area contributed by atoms with Crippen molar-refractivity contribution in [2.45, 2.75) is 25.5 Å². The molecule has 0 aromatic heterocycles. The summed E-state index contributed by atoms with van der Waals surface area (Å²) in [5.74, 6) is 1.06. The number of nitrogens with one attached hydrogen (secondary N) is 1. The molecule has 2 N–H and O–H groups in total. The predicted octanol–water partition coefficient (Wildman–Crippen LogP) is 3.10. The van der Waals surface area contributed by atoms with Gasteiger partial charge in [0.15, 0.2) is 0 Å². The number of rotatable bonds is 7. The summed E-state index contributed by atoms with van der Waals surface area (Å²) in [5.41, 5.74) is 0.792. The van der Waals surface area contributed by atoms with Crippen molar-refractivity contribution in [2.24, 2.45) is 0 Å². The van der Waals surface area contributed by atoms with Crippen molar-refractivity contribution < 1.29 is 5.11 Å². The minimum atomic E-state index is -0.542. The van der Waals surface area contributed by atoms with Gasteiger partial charge in [0, 0.05) is 28.9 Å². The molecule has 0 spiro atoms. The first kappa shape index (κ1) is 14.8. The minimum Gasteiger partial charge on any atom is -0.387 e. The van der Waals surface area contributed by atoms with Crippen LogP contribution in [0.5, 0.6) is 0 Å². The average Bonchev–Trinajstić information content (AvgIpc) is 2.34. The van der Waals surface area contributed by atoms with Gasteiger partial charge in [-0.25, -0.2) is 0 Å². The molecule has 0 saturated carbocycles. The Morgan fingerprint density at radius 2 is 2.12 bits per heavy atom. The highest BCUT2D eigenvalue weighted by Gasteiger charge is 2.12. The Balaban J connectivity index is 2.49. The van der Waals surface area contributed by atoms with Crippen LogP contribution in [0.15, 0.2) is 24.3 Å². The third kappa shape index (κ3) is 4.88. The first-order chi connectivity index (χ1) is 8.19. The van der Waals surface area contributed by atoms with Gasteiger partial charge in [0.2, 0.25) is 0 Å².